The number of aromatic nitrogens is 2. The minimum Gasteiger partial charge on any atom is -0.461 e. The number of nitrogens with zero attached hydrogens (tertiary/aromatic N) is 1. The summed E-state index contributed by atoms with van der Waals surface area (Å²) in [6.45, 7) is 2.34. The Labute approximate surface area is 69.9 Å². The molecular formula is C7H11N3O2. The standard InChI is InChI=1S/C7H11N3O2/c1-2-12-7(11)6-5(3-8)9-4-10-6/h4H,2-3,8H2,1H3,(H,9,10). The lowest BCUT2D eigenvalue weighted by Crippen LogP contribution is -2.10. The first-order valence-electron chi connectivity index (χ1n) is 3.69. The van der Waals surface area contributed by atoms with Gasteiger partial charge in [0.05, 0.1) is 18.6 Å². The van der Waals surface area contributed by atoms with Gasteiger partial charge in [-0.25, -0.2) is 9.78 Å². The third-order valence-electron chi connectivity index (χ3n) is 1.39. The number of ether oxygens (including phenoxy) is 1. The normalized spacial score (nSPS) is 9.83. The van der Waals surface area contributed by atoms with Crippen LogP contribution in [0.4, 0.5) is 0 Å². The molecule has 1 heterocycles. The van der Waals surface area contributed by atoms with Crippen LogP contribution >= 0.6 is 0 Å². The van der Waals surface area contributed by atoms with E-state index in [9.17, 15) is 4.79 Å². The third kappa shape index (κ3) is 1.62. The maximum absolute atomic E-state index is 11.1. The van der Waals surface area contributed by atoms with E-state index in [4.69, 9.17) is 10.5 Å². The summed E-state index contributed by atoms with van der Waals surface area (Å²) >= 11 is 0. The first-order valence-corrected chi connectivity index (χ1v) is 3.69. The summed E-state index contributed by atoms with van der Waals surface area (Å²) in [4.78, 5) is 17.7. The van der Waals surface area contributed by atoms with E-state index in [-0.39, 0.29) is 12.2 Å². The van der Waals surface area contributed by atoms with E-state index < -0.39 is 5.97 Å². The number of esters is 1. The van der Waals surface area contributed by atoms with E-state index in [1.165, 1.54) is 6.33 Å². The molecule has 0 saturated heterocycles. The van der Waals surface area contributed by atoms with Crippen LogP contribution in [0.2, 0.25) is 0 Å². The van der Waals surface area contributed by atoms with E-state index in [0.29, 0.717) is 12.3 Å². The van der Waals surface area contributed by atoms with Crippen LogP contribution in [0.15, 0.2) is 6.33 Å². The Balaban J connectivity index is 2.79. The minimum atomic E-state index is -0.431. The van der Waals surface area contributed by atoms with Gasteiger partial charge in [-0.1, -0.05) is 0 Å². The lowest BCUT2D eigenvalue weighted by atomic mass is 10.3. The highest BCUT2D eigenvalue weighted by Gasteiger charge is 2.13. The van der Waals surface area contributed by atoms with Crippen molar-refractivity contribution in [3.63, 3.8) is 0 Å². The summed E-state index contributed by atoms with van der Waals surface area (Å²) in [6, 6.07) is 0. The number of rotatable bonds is 3. The van der Waals surface area contributed by atoms with Gasteiger partial charge >= 0.3 is 5.97 Å². The van der Waals surface area contributed by atoms with Gasteiger partial charge in [0, 0.05) is 6.54 Å². The lowest BCUT2D eigenvalue weighted by molar-refractivity contribution is 0.0519. The Bertz CT molecular complexity index is 269. The molecule has 0 spiro atoms. The summed E-state index contributed by atoms with van der Waals surface area (Å²) in [5.74, 6) is -0.431. The number of nitrogens with one attached hydrogen (secondary N) is 1. The highest BCUT2D eigenvalue weighted by molar-refractivity contribution is 5.88. The fraction of sp³-hybridized carbons (Fsp3) is 0.429. The molecule has 1 aromatic heterocycles. The van der Waals surface area contributed by atoms with Crippen molar-refractivity contribution in [2.75, 3.05) is 6.61 Å². The molecule has 1 aromatic rings. The van der Waals surface area contributed by atoms with E-state index in [1.807, 2.05) is 0 Å². The van der Waals surface area contributed by atoms with Gasteiger partial charge in [0.2, 0.25) is 0 Å². The molecule has 0 bridgehead atoms. The monoisotopic (exact) mass is 169 g/mol. The van der Waals surface area contributed by atoms with Gasteiger partial charge in [0.1, 0.15) is 0 Å². The molecule has 1 rings (SSSR count). The maximum atomic E-state index is 11.1. The van der Waals surface area contributed by atoms with Crippen LogP contribution in [0.1, 0.15) is 23.1 Å². The van der Waals surface area contributed by atoms with Gasteiger partial charge in [0.25, 0.3) is 0 Å². The average Bonchev–Trinajstić information content (AvgIpc) is 2.51. The van der Waals surface area contributed by atoms with E-state index in [0.717, 1.165) is 0 Å². The molecule has 0 fully saturated rings. The second-order valence-corrected chi connectivity index (χ2v) is 2.15. The van der Waals surface area contributed by atoms with Crippen molar-refractivity contribution >= 4 is 5.97 Å². The summed E-state index contributed by atoms with van der Waals surface area (Å²) < 4.78 is 4.75. The van der Waals surface area contributed by atoms with Gasteiger partial charge in [0.15, 0.2) is 5.69 Å². The minimum absolute atomic E-state index is 0.258. The Kier molecular flexibility index (Phi) is 2.82. The van der Waals surface area contributed by atoms with Crippen molar-refractivity contribution in [1.29, 1.82) is 0 Å². The molecule has 0 aliphatic carbocycles. The second-order valence-electron chi connectivity index (χ2n) is 2.15. The average molecular weight is 169 g/mol. The predicted molar refractivity (Wildman–Crippen MR) is 42.4 cm³/mol. The zero-order chi connectivity index (χ0) is 8.97. The number of aromatic amines is 1. The molecule has 0 saturated carbocycles. The molecule has 5 heteroatoms. The highest BCUT2D eigenvalue weighted by atomic mass is 16.5. The summed E-state index contributed by atoms with van der Waals surface area (Å²) in [5, 5.41) is 0. The van der Waals surface area contributed by atoms with Crippen LogP contribution in [0.3, 0.4) is 0 Å². The summed E-state index contributed by atoms with van der Waals surface area (Å²) in [6.07, 6.45) is 1.43. The number of carbonyl (C=O) groups is 1. The Hall–Kier alpha value is -1.36. The largest absolute Gasteiger partial charge is 0.461 e. The SMILES string of the molecule is CCOC(=O)c1nc[nH]c1CN. The van der Waals surface area contributed by atoms with Gasteiger partial charge in [-0.05, 0) is 6.92 Å². The van der Waals surface area contributed by atoms with Crippen molar-refractivity contribution in [1.82, 2.24) is 9.97 Å². The zero-order valence-electron chi connectivity index (χ0n) is 6.83. The fourth-order valence-corrected chi connectivity index (χ4v) is 0.852. The number of carbonyl (C=O) groups excluding carboxylic acids is 1. The number of H-pyrrole nitrogens is 1. The molecule has 0 aliphatic rings. The smallest absolute Gasteiger partial charge is 0.358 e. The van der Waals surface area contributed by atoms with Crippen LogP contribution in [-0.2, 0) is 11.3 Å². The number of imidazole rings is 1. The van der Waals surface area contributed by atoms with Crippen LogP contribution in [-0.4, -0.2) is 22.5 Å². The van der Waals surface area contributed by atoms with Crippen molar-refractivity contribution in [2.24, 2.45) is 5.73 Å². The Morgan fingerprint density at radius 3 is 3.17 bits per heavy atom. The summed E-state index contributed by atoms with van der Waals surface area (Å²) in [7, 11) is 0. The van der Waals surface area contributed by atoms with E-state index in [2.05, 4.69) is 9.97 Å². The first kappa shape index (κ1) is 8.73. The van der Waals surface area contributed by atoms with Gasteiger partial charge in [-0.3, -0.25) is 0 Å². The molecule has 12 heavy (non-hydrogen) atoms. The second kappa shape index (κ2) is 3.87. The van der Waals surface area contributed by atoms with Crippen molar-refractivity contribution in [2.45, 2.75) is 13.5 Å². The fourth-order valence-electron chi connectivity index (χ4n) is 0.852. The molecule has 0 aliphatic heterocycles. The topological polar surface area (TPSA) is 81.0 Å². The van der Waals surface area contributed by atoms with Crippen LogP contribution in [0.25, 0.3) is 0 Å². The molecule has 0 aromatic carbocycles. The Morgan fingerprint density at radius 1 is 1.83 bits per heavy atom. The molecule has 3 N–H and O–H groups in total. The summed E-state index contributed by atoms with van der Waals surface area (Å²) in [5.41, 5.74) is 6.23. The van der Waals surface area contributed by atoms with Crippen molar-refractivity contribution in [3.05, 3.63) is 17.7 Å². The molecule has 0 amide bonds. The van der Waals surface area contributed by atoms with Crippen LogP contribution in [0, 0.1) is 0 Å². The van der Waals surface area contributed by atoms with Gasteiger partial charge < -0.3 is 15.5 Å². The number of hydrogen-bond donors (Lipinski definition) is 2. The maximum Gasteiger partial charge on any atom is 0.358 e. The van der Waals surface area contributed by atoms with Crippen LogP contribution < -0.4 is 5.73 Å². The third-order valence-corrected chi connectivity index (χ3v) is 1.39. The molecule has 0 atom stereocenters. The first-order chi connectivity index (χ1) is 5.79. The number of hydrogen-bond acceptors (Lipinski definition) is 4. The van der Waals surface area contributed by atoms with Crippen LogP contribution in [0.5, 0.6) is 0 Å². The molecule has 0 radical (unpaired) electrons. The van der Waals surface area contributed by atoms with Crippen molar-refractivity contribution < 1.29 is 9.53 Å². The van der Waals surface area contributed by atoms with Gasteiger partial charge in [-0.15, -0.1) is 0 Å². The van der Waals surface area contributed by atoms with E-state index in [1.54, 1.807) is 6.92 Å². The number of nitrogens with two attached hydrogens (primary N) is 1. The lowest BCUT2D eigenvalue weighted by Gasteiger charge is -1.99. The predicted octanol–water partition coefficient (Wildman–Crippen LogP) is 0.0451. The zero-order valence-corrected chi connectivity index (χ0v) is 6.83. The van der Waals surface area contributed by atoms with Gasteiger partial charge in [-0.2, -0.15) is 0 Å². The molecule has 66 valence electrons. The van der Waals surface area contributed by atoms with Crippen molar-refractivity contribution in [3.8, 4) is 0 Å². The van der Waals surface area contributed by atoms with E-state index >= 15 is 0 Å². The Morgan fingerprint density at radius 2 is 2.58 bits per heavy atom. The molecule has 0 unspecified atom stereocenters. The molecule has 5 nitrogen and oxygen atoms in total. The molecular weight excluding hydrogens is 158 g/mol. The quantitative estimate of drug-likeness (QED) is 0.626. The highest BCUT2D eigenvalue weighted by Crippen LogP contribution is 2.03.